The van der Waals surface area contributed by atoms with Crippen molar-refractivity contribution >= 4 is 54.4 Å². The van der Waals surface area contributed by atoms with Crippen LogP contribution in [0.1, 0.15) is 0 Å². The monoisotopic (exact) mass is 337 g/mol. The van der Waals surface area contributed by atoms with Crippen molar-refractivity contribution in [1.82, 2.24) is 4.98 Å². The molecule has 1 aromatic heterocycles. The number of pyridine rings is 1. The molecule has 1 heterocycles. The first-order valence-corrected chi connectivity index (χ1v) is 5.65. The van der Waals surface area contributed by atoms with E-state index in [1.165, 1.54) is 12.3 Å². The topological polar surface area (TPSA) is 12.9 Å². The molecule has 0 aliphatic carbocycles. The summed E-state index contributed by atoms with van der Waals surface area (Å²) in [5.41, 5.74) is 0.279. The molecule has 0 atom stereocenters. The number of hydrogen-bond donors (Lipinski definition) is 0. The van der Waals surface area contributed by atoms with Crippen LogP contribution in [-0.4, -0.2) is 4.98 Å². The molecule has 2 rings (SSSR count). The van der Waals surface area contributed by atoms with Gasteiger partial charge in [-0.3, -0.25) is 4.98 Å². The quantitative estimate of drug-likeness (QED) is 0.642. The minimum atomic E-state index is -0.385. The molecule has 2 aromatic rings. The summed E-state index contributed by atoms with van der Waals surface area (Å²) < 4.78 is 14.7. The highest BCUT2D eigenvalue weighted by molar-refractivity contribution is 9.10. The van der Waals surface area contributed by atoms with Crippen molar-refractivity contribution in [3.63, 3.8) is 0 Å². The van der Waals surface area contributed by atoms with Gasteiger partial charge in [-0.15, -0.1) is 0 Å². The molecule has 0 saturated carbocycles. The highest BCUT2D eigenvalue weighted by Crippen LogP contribution is 2.33. The van der Waals surface area contributed by atoms with Gasteiger partial charge in [0, 0.05) is 20.5 Å². The van der Waals surface area contributed by atoms with Crippen LogP contribution in [0.2, 0.25) is 5.02 Å². The van der Waals surface area contributed by atoms with Gasteiger partial charge in [-0.25, -0.2) is 4.39 Å². The number of fused-ring (bicyclic) bond motifs is 1. The maximum atomic E-state index is 13.4. The molecule has 0 spiro atoms. The van der Waals surface area contributed by atoms with Crippen LogP contribution in [0.3, 0.4) is 0 Å². The number of benzene rings is 1. The molecular weight excluding hydrogens is 336 g/mol. The molecule has 1 nitrogen and oxygen atoms in total. The Morgan fingerprint density at radius 1 is 1.29 bits per heavy atom. The first-order chi connectivity index (χ1) is 6.59. The zero-order valence-electron chi connectivity index (χ0n) is 6.69. The van der Waals surface area contributed by atoms with Gasteiger partial charge in [-0.05, 0) is 44.0 Å². The Morgan fingerprint density at radius 2 is 2.00 bits per heavy atom. The van der Waals surface area contributed by atoms with Gasteiger partial charge in [0.1, 0.15) is 5.52 Å². The van der Waals surface area contributed by atoms with Crippen molar-refractivity contribution in [1.29, 1.82) is 0 Å². The molecule has 0 aliphatic rings. The molecule has 0 aliphatic heterocycles. The van der Waals surface area contributed by atoms with Crippen LogP contribution in [-0.2, 0) is 0 Å². The third kappa shape index (κ3) is 1.66. The minimum Gasteiger partial charge on any atom is -0.252 e. The summed E-state index contributed by atoms with van der Waals surface area (Å²) in [6.45, 7) is 0. The average Bonchev–Trinajstić information content (AvgIpc) is 2.14. The Labute approximate surface area is 102 Å². The normalized spacial score (nSPS) is 10.9. The third-order valence-electron chi connectivity index (χ3n) is 1.78. The first-order valence-electron chi connectivity index (χ1n) is 3.68. The molecule has 0 saturated heterocycles. The van der Waals surface area contributed by atoms with Gasteiger partial charge in [-0.2, -0.15) is 0 Å². The zero-order chi connectivity index (χ0) is 10.3. The van der Waals surface area contributed by atoms with Gasteiger partial charge >= 0.3 is 0 Å². The van der Waals surface area contributed by atoms with E-state index in [1.54, 1.807) is 6.07 Å². The molecule has 0 bridgehead atoms. The molecule has 0 fully saturated rings. The lowest BCUT2D eigenvalue weighted by Crippen LogP contribution is -1.86. The van der Waals surface area contributed by atoms with Crippen molar-refractivity contribution in [3.05, 3.63) is 38.1 Å². The predicted octanol–water partition coefficient (Wildman–Crippen LogP) is 4.55. The minimum absolute atomic E-state index is 0.279. The Hall–Kier alpha value is -0.190. The molecule has 0 unspecified atom stereocenters. The van der Waals surface area contributed by atoms with Crippen molar-refractivity contribution in [2.24, 2.45) is 0 Å². The van der Waals surface area contributed by atoms with Crippen LogP contribution >= 0.6 is 43.5 Å². The van der Waals surface area contributed by atoms with Gasteiger partial charge < -0.3 is 0 Å². The molecule has 14 heavy (non-hydrogen) atoms. The Morgan fingerprint density at radius 3 is 2.71 bits per heavy atom. The van der Waals surface area contributed by atoms with Gasteiger partial charge in [0.2, 0.25) is 0 Å². The largest absolute Gasteiger partial charge is 0.252 e. The highest BCUT2D eigenvalue weighted by atomic mass is 79.9. The Balaban J connectivity index is 2.95. The van der Waals surface area contributed by atoms with Crippen molar-refractivity contribution in [3.8, 4) is 0 Å². The highest BCUT2D eigenvalue weighted by Gasteiger charge is 2.10. The van der Waals surface area contributed by atoms with E-state index in [-0.39, 0.29) is 11.3 Å². The fourth-order valence-corrected chi connectivity index (χ4v) is 2.11. The number of rotatable bonds is 0. The molecule has 5 heteroatoms. The van der Waals surface area contributed by atoms with E-state index in [0.717, 1.165) is 4.47 Å². The van der Waals surface area contributed by atoms with E-state index in [9.17, 15) is 4.39 Å². The smallest absolute Gasteiger partial charge is 0.150 e. The second-order valence-electron chi connectivity index (χ2n) is 2.70. The molecule has 72 valence electrons. The molecule has 1 aromatic carbocycles. The van der Waals surface area contributed by atoms with E-state index in [1.807, 2.05) is 0 Å². The predicted molar refractivity (Wildman–Crippen MR) is 62.1 cm³/mol. The van der Waals surface area contributed by atoms with Gasteiger partial charge in [-0.1, -0.05) is 11.6 Å². The van der Waals surface area contributed by atoms with E-state index in [0.29, 0.717) is 14.9 Å². The van der Waals surface area contributed by atoms with Gasteiger partial charge in [0.25, 0.3) is 0 Å². The fourth-order valence-electron chi connectivity index (χ4n) is 1.17. The SMILES string of the molecule is Fc1cc(Br)c(Cl)c2cc(Br)cnc12. The first kappa shape index (κ1) is 10.3. The van der Waals surface area contributed by atoms with Crippen LogP contribution < -0.4 is 0 Å². The average molecular weight is 339 g/mol. The standard InChI is InChI=1S/C9H3Br2ClFN/c10-4-1-5-8(12)6(11)2-7(13)9(5)14-3-4/h1-3H. The summed E-state index contributed by atoms with van der Waals surface area (Å²) in [4.78, 5) is 3.96. The lowest BCUT2D eigenvalue weighted by molar-refractivity contribution is 0.636. The van der Waals surface area contributed by atoms with E-state index >= 15 is 0 Å². The maximum Gasteiger partial charge on any atom is 0.150 e. The molecule has 0 radical (unpaired) electrons. The molecule has 0 amide bonds. The second-order valence-corrected chi connectivity index (χ2v) is 4.85. The van der Waals surface area contributed by atoms with Gasteiger partial charge in [0.05, 0.1) is 5.02 Å². The number of halogens is 4. The maximum absolute atomic E-state index is 13.4. The van der Waals surface area contributed by atoms with Gasteiger partial charge in [0.15, 0.2) is 5.82 Å². The second kappa shape index (κ2) is 3.76. The van der Waals surface area contributed by atoms with Crippen molar-refractivity contribution < 1.29 is 4.39 Å². The zero-order valence-corrected chi connectivity index (χ0v) is 10.6. The lowest BCUT2D eigenvalue weighted by atomic mass is 10.2. The summed E-state index contributed by atoms with van der Waals surface area (Å²) in [5.74, 6) is -0.385. The van der Waals surface area contributed by atoms with Crippen LogP contribution in [0, 0.1) is 5.82 Å². The van der Waals surface area contributed by atoms with Crippen LogP contribution in [0.5, 0.6) is 0 Å². The summed E-state index contributed by atoms with van der Waals surface area (Å²) in [6, 6.07) is 3.05. The number of hydrogen-bond acceptors (Lipinski definition) is 1. The lowest BCUT2D eigenvalue weighted by Gasteiger charge is -2.03. The summed E-state index contributed by atoms with van der Waals surface area (Å²) >= 11 is 12.4. The molecular formula is C9H3Br2ClFN. The van der Waals surface area contributed by atoms with E-state index in [2.05, 4.69) is 36.8 Å². The van der Waals surface area contributed by atoms with Crippen LogP contribution in [0.4, 0.5) is 4.39 Å². The summed E-state index contributed by atoms with van der Waals surface area (Å²) in [7, 11) is 0. The van der Waals surface area contributed by atoms with Crippen LogP contribution in [0.15, 0.2) is 27.3 Å². The molecule has 0 N–H and O–H groups in total. The van der Waals surface area contributed by atoms with Crippen molar-refractivity contribution in [2.75, 3.05) is 0 Å². The van der Waals surface area contributed by atoms with Crippen LogP contribution in [0.25, 0.3) is 10.9 Å². The fraction of sp³-hybridized carbons (Fsp3) is 0. The van der Waals surface area contributed by atoms with E-state index < -0.39 is 0 Å². The Bertz CT molecular complexity index is 516. The third-order valence-corrected chi connectivity index (χ3v) is 3.47. The number of aromatic nitrogens is 1. The summed E-state index contributed by atoms with van der Waals surface area (Å²) in [5, 5.41) is 1.06. The Kier molecular flexibility index (Phi) is 2.77. The number of nitrogens with zero attached hydrogens (tertiary/aromatic N) is 1. The summed E-state index contributed by atoms with van der Waals surface area (Å²) in [6.07, 6.45) is 1.54. The van der Waals surface area contributed by atoms with E-state index in [4.69, 9.17) is 11.6 Å². The van der Waals surface area contributed by atoms with Crippen molar-refractivity contribution in [2.45, 2.75) is 0 Å².